The number of hydrogen-bond acceptors (Lipinski definition) is 2. The molecule has 0 aliphatic carbocycles. The van der Waals surface area contributed by atoms with Crippen molar-refractivity contribution in [3.8, 4) is 5.75 Å². The van der Waals surface area contributed by atoms with E-state index in [4.69, 9.17) is 16.3 Å². The molecule has 0 aromatic heterocycles. The summed E-state index contributed by atoms with van der Waals surface area (Å²) in [7, 11) is 0. The Morgan fingerprint density at radius 1 is 1.25 bits per heavy atom. The molecule has 2 aromatic rings. The van der Waals surface area contributed by atoms with Crippen molar-refractivity contribution in [1.82, 2.24) is 0 Å². The number of ether oxygens (including phenoxy) is 1. The van der Waals surface area contributed by atoms with Crippen LogP contribution in [0.4, 0.5) is 0 Å². The number of carbonyl (C=O) groups is 1. The number of halogens is 1. The lowest BCUT2D eigenvalue weighted by molar-refractivity contribution is -0.130. The molecule has 0 aliphatic rings. The van der Waals surface area contributed by atoms with Gasteiger partial charge in [0.2, 0.25) is 0 Å². The Balaban J connectivity index is 2.45. The smallest absolute Gasteiger partial charge is 0.336 e. The SMILES string of the molecule is Cc1ccc(/C(=C/c2ccccc2OCC(C)C)C(=O)O)cc1Cl. The predicted octanol–water partition coefficient (Wildman–Crippen LogP) is 5.31. The molecule has 24 heavy (non-hydrogen) atoms. The van der Waals surface area contributed by atoms with Crippen molar-refractivity contribution in [2.75, 3.05) is 6.61 Å². The minimum absolute atomic E-state index is 0.178. The van der Waals surface area contributed by atoms with Gasteiger partial charge in [-0.3, -0.25) is 0 Å². The highest BCUT2D eigenvalue weighted by Gasteiger charge is 2.13. The summed E-state index contributed by atoms with van der Waals surface area (Å²) < 4.78 is 5.79. The molecule has 3 nitrogen and oxygen atoms in total. The highest BCUT2D eigenvalue weighted by atomic mass is 35.5. The number of benzene rings is 2. The number of carboxylic acid groups (broad SMARTS) is 1. The quantitative estimate of drug-likeness (QED) is 0.570. The first-order valence-corrected chi connectivity index (χ1v) is 8.19. The van der Waals surface area contributed by atoms with Crippen LogP contribution in [0.5, 0.6) is 5.75 Å². The zero-order chi connectivity index (χ0) is 17.7. The summed E-state index contributed by atoms with van der Waals surface area (Å²) in [6, 6.07) is 12.7. The van der Waals surface area contributed by atoms with Crippen molar-refractivity contribution in [3.05, 3.63) is 64.2 Å². The molecule has 0 fully saturated rings. The molecule has 126 valence electrons. The van der Waals surface area contributed by atoms with E-state index in [-0.39, 0.29) is 5.57 Å². The van der Waals surface area contributed by atoms with Gasteiger partial charge in [-0.2, -0.15) is 0 Å². The van der Waals surface area contributed by atoms with Crippen molar-refractivity contribution in [2.24, 2.45) is 5.92 Å². The molecule has 0 aliphatic heterocycles. The molecule has 0 saturated heterocycles. The van der Waals surface area contributed by atoms with Crippen LogP contribution in [0.15, 0.2) is 42.5 Å². The molecular weight excluding hydrogens is 324 g/mol. The van der Waals surface area contributed by atoms with E-state index in [0.29, 0.717) is 28.9 Å². The maximum atomic E-state index is 11.7. The second kappa shape index (κ2) is 8.02. The molecule has 1 N–H and O–H groups in total. The van der Waals surface area contributed by atoms with Gasteiger partial charge in [0.15, 0.2) is 0 Å². The average molecular weight is 345 g/mol. The zero-order valence-corrected chi connectivity index (χ0v) is 14.8. The van der Waals surface area contributed by atoms with E-state index in [0.717, 1.165) is 11.1 Å². The van der Waals surface area contributed by atoms with E-state index < -0.39 is 5.97 Å². The molecule has 2 rings (SSSR count). The lowest BCUT2D eigenvalue weighted by atomic mass is 10.0. The first kappa shape index (κ1) is 18.1. The predicted molar refractivity (Wildman–Crippen MR) is 98.5 cm³/mol. The zero-order valence-electron chi connectivity index (χ0n) is 14.0. The van der Waals surface area contributed by atoms with Crippen LogP contribution in [0.2, 0.25) is 5.02 Å². The molecule has 0 bridgehead atoms. The van der Waals surface area contributed by atoms with Crippen LogP contribution in [0, 0.1) is 12.8 Å². The van der Waals surface area contributed by atoms with Gasteiger partial charge in [0, 0.05) is 10.6 Å². The summed E-state index contributed by atoms with van der Waals surface area (Å²) in [5.41, 5.74) is 2.38. The summed E-state index contributed by atoms with van der Waals surface area (Å²) in [5, 5.41) is 10.2. The van der Waals surface area contributed by atoms with E-state index in [1.54, 1.807) is 18.2 Å². The third-order valence-corrected chi connectivity index (χ3v) is 3.91. The molecular formula is C20H21ClO3. The number of rotatable bonds is 6. The summed E-state index contributed by atoms with van der Waals surface area (Å²) in [6.07, 6.45) is 1.62. The van der Waals surface area contributed by atoms with Crippen LogP contribution in [-0.4, -0.2) is 17.7 Å². The van der Waals surface area contributed by atoms with Gasteiger partial charge in [0.05, 0.1) is 12.2 Å². The fourth-order valence-electron chi connectivity index (χ4n) is 2.17. The molecule has 0 atom stereocenters. The van der Waals surface area contributed by atoms with Crippen molar-refractivity contribution in [2.45, 2.75) is 20.8 Å². The molecule has 0 saturated carbocycles. The first-order chi connectivity index (χ1) is 11.4. The van der Waals surface area contributed by atoms with Crippen LogP contribution in [0.25, 0.3) is 11.6 Å². The molecule has 0 heterocycles. The van der Waals surface area contributed by atoms with Gasteiger partial charge in [-0.05, 0) is 42.2 Å². The van der Waals surface area contributed by atoms with E-state index in [1.165, 1.54) is 0 Å². The highest BCUT2D eigenvalue weighted by Crippen LogP contribution is 2.27. The van der Waals surface area contributed by atoms with Crippen molar-refractivity contribution in [1.29, 1.82) is 0 Å². The number of carboxylic acids is 1. The largest absolute Gasteiger partial charge is 0.493 e. The van der Waals surface area contributed by atoms with Crippen LogP contribution < -0.4 is 4.74 Å². The van der Waals surface area contributed by atoms with Gasteiger partial charge in [0.1, 0.15) is 5.75 Å². The maximum Gasteiger partial charge on any atom is 0.336 e. The Morgan fingerprint density at radius 2 is 1.96 bits per heavy atom. The Kier molecular flexibility index (Phi) is 6.04. The normalized spacial score (nSPS) is 11.6. The van der Waals surface area contributed by atoms with Crippen LogP contribution >= 0.6 is 11.6 Å². The number of para-hydroxylation sites is 1. The number of aryl methyl sites for hydroxylation is 1. The highest BCUT2D eigenvalue weighted by molar-refractivity contribution is 6.32. The summed E-state index contributed by atoms with van der Waals surface area (Å²) in [4.78, 5) is 11.7. The molecule has 0 amide bonds. The van der Waals surface area contributed by atoms with E-state index >= 15 is 0 Å². The van der Waals surface area contributed by atoms with E-state index in [1.807, 2.05) is 37.3 Å². The van der Waals surface area contributed by atoms with Gasteiger partial charge in [0.25, 0.3) is 0 Å². The minimum atomic E-state index is -1.01. The standard InChI is InChI=1S/C20H21ClO3/c1-13(2)12-24-19-7-5-4-6-16(19)10-17(20(22)23)15-9-8-14(3)18(21)11-15/h4-11,13H,12H2,1-3H3,(H,22,23)/b17-10-. The second-order valence-electron chi connectivity index (χ2n) is 6.07. The molecule has 0 unspecified atom stereocenters. The van der Waals surface area contributed by atoms with Crippen molar-refractivity contribution >= 4 is 29.2 Å². The Bertz CT molecular complexity index is 763. The van der Waals surface area contributed by atoms with Gasteiger partial charge in [-0.15, -0.1) is 0 Å². The van der Waals surface area contributed by atoms with E-state index in [2.05, 4.69) is 13.8 Å². The fraction of sp³-hybridized carbons (Fsp3) is 0.250. The van der Waals surface area contributed by atoms with E-state index in [9.17, 15) is 9.90 Å². The van der Waals surface area contributed by atoms with Crippen LogP contribution in [0.3, 0.4) is 0 Å². The first-order valence-electron chi connectivity index (χ1n) is 7.82. The van der Waals surface area contributed by atoms with Gasteiger partial charge >= 0.3 is 5.97 Å². The molecule has 4 heteroatoms. The van der Waals surface area contributed by atoms with Crippen LogP contribution in [0.1, 0.15) is 30.5 Å². The summed E-state index contributed by atoms with van der Waals surface area (Å²) in [5.74, 6) is 0.0497. The molecule has 2 aromatic carbocycles. The number of aliphatic carboxylic acids is 1. The van der Waals surface area contributed by atoms with Crippen LogP contribution in [-0.2, 0) is 4.79 Å². The third kappa shape index (κ3) is 4.62. The molecule has 0 spiro atoms. The Hall–Kier alpha value is -2.26. The van der Waals surface area contributed by atoms with Crippen molar-refractivity contribution in [3.63, 3.8) is 0 Å². The molecule has 0 radical (unpaired) electrons. The topological polar surface area (TPSA) is 46.5 Å². The monoisotopic (exact) mass is 344 g/mol. The van der Waals surface area contributed by atoms with Gasteiger partial charge < -0.3 is 9.84 Å². The average Bonchev–Trinajstić information content (AvgIpc) is 2.54. The van der Waals surface area contributed by atoms with Gasteiger partial charge in [-0.1, -0.05) is 55.8 Å². The maximum absolute atomic E-state index is 11.7. The fourth-order valence-corrected chi connectivity index (χ4v) is 2.35. The summed E-state index contributed by atoms with van der Waals surface area (Å²) >= 11 is 6.14. The second-order valence-corrected chi connectivity index (χ2v) is 6.48. The lowest BCUT2D eigenvalue weighted by Crippen LogP contribution is -2.06. The minimum Gasteiger partial charge on any atom is -0.493 e. The number of hydrogen-bond donors (Lipinski definition) is 1. The van der Waals surface area contributed by atoms with Gasteiger partial charge in [-0.25, -0.2) is 4.79 Å². The Morgan fingerprint density at radius 3 is 2.58 bits per heavy atom. The third-order valence-electron chi connectivity index (χ3n) is 3.50. The van der Waals surface area contributed by atoms with Crippen molar-refractivity contribution < 1.29 is 14.6 Å². The summed E-state index contributed by atoms with van der Waals surface area (Å²) in [6.45, 7) is 6.58. The lowest BCUT2D eigenvalue weighted by Gasteiger charge is -2.12. The Labute approximate surface area is 147 Å².